The number of hydrogen-bond donors (Lipinski definition) is 0. The van der Waals surface area contributed by atoms with Crippen molar-refractivity contribution in [3.8, 4) is 23.0 Å². The molecule has 296 valence electrons. The Morgan fingerprint density at radius 3 is 1.50 bits per heavy atom. The van der Waals surface area contributed by atoms with Crippen LogP contribution in [-0.4, -0.2) is 38.4 Å². The van der Waals surface area contributed by atoms with Crippen LogP contribution in [0.4, 0.5) is 30.7 Å². The topological polar surface area (TPSA) is 89.5 Å². The minimum atomic E-state index is -5.27. The first kappa shape index (κ1) is 43.5. The van der Waals surface area contributed by atoms with Gasteiger partial charge in [0.05, 0.1) is 37.6 Å². The summed E-state index contributed by atoms with van der Waals surface area (Å²) >= 11 is 0. The van der Waals surface area contributed by atoms with Crippen molar-refractivity contribution in [1.29, 1.82) is 0 Å². The first-order chi connectivity index (χ1) is 25.6. The molecule has 0 amide bonds. The van der Waals surface area contributed by atoms with Crippen molar-refractivity contribution in [1.82, 2.24) is 0 Å². The fourth-order valence-corrected chi connectivity index (χ4v) is 4.79. The number of unbranched alkanes of at least 4 members (excludes halogenated alkanes) is 6. The summed E-state index contributed by atoms with van der Waals surface area (Å²) in [6, 6.07) is 10.1. The minimum absolute atomic E-state index is 0.162. The van der Waals surface area contributed by atoms with E-state index < -0.39 is 52.6 Å². The molecule has 0 aliphatic heterocycles. The Morgan fingerprint density at radius 1 is 0.593 bits per heavy atom. The van der Waals surface area contributed by atoms with Crippen LogP contribution in [0.25, 0.3) is 0 Å². The van der Waals surface area contributed by atoms with Gasteiger partial charge in [-0.05, 0) is 118 Å². The quantitative estimate of drug-likeness (QED) is 0.0385. The largest absolute Gasteiger partial charge is 0.494 e. The zero-order chi connectivity index (χ0) is 39.6. The van der Waals surface area contributed by atoms with E-state index in [4.69, 9.17) is 18.9 Å². The van der Waals surface area contributed by atoms with Crippen molar-refractivity contribution >= 4 is 11.9 Å². The van der Waals surface area contributed by atoms with Crippen molar-refractivity contribution < 1.29 is 68.7 Å². The van der Waals surface area contributed by atoms with E-state index in [1.54, 1.807) is 6.92 Å². The molecule has 0 aliphatic carbocycles. The predicted octanol–water partition coefficient (Wildman–Crippen LogP) is 10.5. The van der Waals surface area contributed by atoms with Crippen LogP contribution in [-0.2, 0) is 37.5 Å². The van der Waals surface area contributed by atoms with Crippen LogP contribution in [0.1, 0.15) is 81.4 Å². The van der Waals surface area contributed by atoms with Gasteiger partial charge in [0.1, 0.15) is 28.6 Å². The molecule has 15 heteroatoms. The number of alkyl halides is 7. The molecule has 0 N–H and O–H groups in total. The Morgan fingerprint density at radius 2 is 1.04 bits per heavy atom. The Bertz CT molecular complexity index is 1610. The highest BCUT2D eigenvalue weighted by atomic mass is 19.4. The van der Waals surface area contributed by atoms with E-state index in [2.05, 4.69) is 16.1 Å². The number of ether oxygens (including phenoxy) is 6. The first-order valence-electron chi connectivity index (χ1n) is 17.4. The lowest BCUT2D eigenvalue weighted by atomic mass is 10.1. The highest BCUT2D eigenvalue weighted by Crippen LogP contribution is 2.43. The standard InChI is InChI=1S/C39H43F7O8/c1-3-35(47)51-25-11-7-5-9-23-49-30-17-13-28(14-18-30)38(43,44)53-32-21-22-34(33(27-32)37(40,41)42)54-39(45,46)29-15-19-31(20-16-29)50-24-10-6-8-12-26-52-36(48)4-2/h3,13-22,27H,1,4-12,23-26H2,2H3. The average molecular weight is 773 g/mol. The lowest BCUT2D eigenvalue weighted by Crippen LogP contribution is -2.24. The Labute approximate surface area is 309 Å². The number of halogens is 7. The number of hydrogen-bond acceptors (Lipinski definition) is 8. The Balaban J connectivity index is 1.53. The van der Waals surface area contributed by atoms with Gasteiger partial charge in [-0.25, -0.2) is 4.79 Å². The molecule has 0 unspecified atom stereocenters. The van der Waals surface area contributed by atoms with Crippen molar-refractivity contribution in [2.24, 2.45) is 0 Å². The third-order valence-corrected chi connectivity index (χ3v) is 7.70. The zero-order valence-corrected chi connectivity index (χ0v) is 29.7. The molecule has 0 fully saturated rings. The van der Waals surface area contributed by atoms with E-state index in [0.29, 0.717) is 50.8 Å². The zero-order valence-electron chi connectivity index (χ0n) is 29.7. The van der Waals surface area contributed by atoms with Crippen LogP contribution in [0.5, 0.6) is 23.0 Å². The minimum Gasteiger partial charge on any atom is -0.494 e. The smallest absolute Gasteiger partial charge is 0.426 e. The van der Waals surface area contributed by atoms with Crippen LogP contribution < -0.4 is 18.9 Å². The highest BCUT2D eigenvalue weighted by Gasteiger charge is 2.42. The molecule has 0 aliphatic rings. The van der Waals surface area contributed by atoms with Gasteiger partial charge in [0, 0.05) is 12.5 Å². The Hall–Kier alpha value is -4.95. The van der Waals surface area contributed by atoms with E-state index in [1.165, 1.54) is 24.3 Å². The molecule has 0 heterocycles. The maximum absolute atomic E-state index is 15.0. The molecule has 3 aromatic rings. The molecule has 0 atom stereocenters. The van der Waals surface area contributed by atoms with Gasteiger partial charge in [0.15, 0.2) is 0 Å². The average Bonchev–Trinajstić information content (AvgIpc) is 3.13. The highest BCUT2D eigenvalue weighted by molar-refractivity contribution is 5.81. The fraction of sp³-hybridized carbons (Fsp3) is 0.436. The van der Waals surface area contributed by atoms with Crippen molar-refractivity contribution in [2.45, 2.75) is 83.1 Å². The number of carbonyl (C=O) groups is 2. The lowest BCUT2D eigenvalue weighted by Gasteiger charge is -2.23. The van der Waals surface area contributed by atoms with Gasteiger partial charge < -0.3 is 28.4 Å². The van der Waals surface area contributed by atoms with E-state index in [9.17, 15) is 31.5 Å². The summed E-state index contributed by atoms with van der Waals surface area (Å²) in [5, 5.41) is 0. The molecule has 3 aromatic carbocycles. The molecule has 0 aromatic heterocycles. The van der Waals surface area contributed by atoms with E-state index in [-0.39, 0.29) is 43.4 Å². The predicted molar refractivity (Wildman–Crippen MR) is 184 cm³/mol. The second-order valence-electron chi connectivity index (χ2n) is 11.9. The summed E-state index contributed by atoms with van der Waals surface area (Å²) in [6.45, 7) is 6.18. The van der Waals surface area contributed by atoms with Gasteiger partial charge in [0.25, 0.3) is 0 Å². The van der Waals surface area contributed by atoms with Crippen LogP contribution >= 0.6 is 0 Å². The normalized spacial score (nSPS) is 11.8. The molecular weight excluding hydrogens is 729 g/mol. The van der Waals surface area contributed by atoms with Gasteiger partial charge in [-0.3, -0.25) is 4.79 Å². The summed E-state index contributed by atoms with van der Waals surface area (Å²) in [5.74, 6) is -2.48. The van der Waals surface area contributed by atoms with Gasteiger partial charge in [-0.15, -0.1) is 0 Å². The molecule has 0 radical (unpaired) electrons. The summed E-state index contributed by atoms with van der Waals surface area (Å²) < 4.78 is 132. The number of esters is 2. The molecular formula is C39H43F7O8. The van der Waals surface area contributed by atoms with E-state index in [0.717, 1.165) is 56.0 Å². The number of carbonyl (C=O) groups excluding carboxylic acids is 2. The lowest BCUT2D eigenvalue weighted by molar-refractivity contribution is -0.193. The molecule has 0 spiro atoms. The third-order valence-electron chi connectivity index (χ3n) is 7.70. The molecule has 3 rings (SSSR count). The van der Waals surface area contributed by atoms with Crippen molar-refractivity contribution in [3.63, 3.8) is 0 Å². The first-order valence-corrected chi connectivity index (χ1v) is 17.4. The molecule has 8 nitrogen and oxygen atoms in total. The summed E-state index contributed by atoms with van der Waals surface area (Å²) in [7, 11) is 0. The van der Waals surface area contributed by atoms with Crippen LogP contribution in [0.3, 0.4) is 0 Å². The summed E-state index contributed by atoms with van der Waals surface area (Å²) in [4.78, 5) is 22.1. The molecule has 54 heavy (non-hydrogen) atoms. The second kappa shape index (κ2) is 21.1. The molecule has 0 saturated heterocycles. The maximum atomic E-state index is 15.0. The van der Waals surface area contributed by atoms with Gasteiger partial charge in [0.2, 0.25) is 0 Å². The SMILES string of the molecule is C=CC(=O)OCCCCCCOc1ccc(C(F)(F)Oc2ccc(OC(F)(F)c3ccc(OCCCCCCOC(=O)CC)cc3)c(C(F)(F)F)c2)cc1. The number of benzene rings is 3. The second-order valence-corrected chi connectivity index (χ2v) is 11.9. The van der Waals surface area contributed by atoms with Crippen LogP contribution in [0.15, 0.2) is 79.4 Å². The third kappa shape index (κ3) is 14.8. The monoisotopic (exact) mass is 772 g/mol. The van der Waals surface area contributed by atoms with Gasteiger partial charge >= 0.3 is 30.3 Å². The van der Waals surface area contributed by atoms with Crippen LogP contribution in [0.2, 0.25) is 0 Å². The fourth-order valence-electron chi connectivity index (χ4n) is 4.79. The Kier molecular flexibility index (Phi) is 17.0. The maximum Gasteiger partial charge on any atom is 0.426 e. The molecule has 0 saturated carbocycles. The van der Waals surface area contributed by atoms with Gasteiger partial charge in [-0.1, -0.05) is 13.5 Å². The van der Waals surface area contributed by atoms with Gasteiger partial charge in [-0.2, -0.15) is 30.7 Å². The molecule has 0 bridgehead atoms. The summed E-state index contributed by atoms with van der Waals surface area (Å²) in [6.07, 6.45) is -6.44. The number of rotatable bonds is 24. The van der Waals surface area contributed by atoms with E-state index >= 15 is 8.78 Å². The van der Waals surface area contributed by atoms with Crippen molar-refractivity contribution in [3.05, 3.63) is 96.1 Å². The van der Waals surface area contributed by atoms with E-state index in [1.807, 2.05) is 0 Å². The van der Waals surface area contributed by atoms with Crippen LogP contribution in [0, 0.1) is 0 Å². The summed E-state index contributed by atoms with van der Waals surface area (Å²) in [5.41, 5.74) is -3.21. The van der Waals surface area contributed by atoms with Crippen molar-refractivity contribution in [2.75, 3.05) is 26.4 Å².